The Morgan fingerprint density at radius 2 is 1.97 bits per heavy atom. The molecule has 0 saturated carbocycles. The number of rotatable bonds is 5. The number of nitro groups is 1. The number of carbonyl (C=O) groups is 2. The molecule has 0 radical (unpaired) electrons. The van der Waals surface area contributed by atoms with Crippen LogP contribution in [-0.2, 0) is 9.53 Å². The molecule has 1 amide bonds. The van der Waals surface area contributed by atoms with E-state index in [4.69, 9.17) is 10.00 Å². The van der Waals surface area contributed by atoms with E-state index in [0.29, 0.717) is 11.3 Å². The maximum Gasteiger partial charge on any atom is 0.340 e. The van der Waals surface area contributed by atoms with Crippen molar-refractivity contribution in [2.24, 2.45) is 0 Å². The highest BCUT2D eigenvalue weighted by atomic mass is 16.6. The van der Waals surface area contributed by atoms with Gasteiger partial charge in [-0.2, -0.15) is 5.26 Å². The summed E-state index contributed by atoms with van der Waals surface area (Å²) in [7, 11) is 0. The average molecular weight is 404 g/mol. The highest BCUT2D eigenvalue weighted by molar-refractivity contribution is 6.00. The Labute approximate surface area is 171 Å². The molecule has 1 aromatic heterocycles. The standard InChI is InChI=1S/C21H16N4O5/c1-12-16-5-3-4-6-18(16)23-13(2)20(12)21(27)30-11-19(26)24-17-8-7-15(25(28)29)9-14(17)10-22/h3-9H,11H2,1-2H3,(H,24,26). The average Bonchev–Trinajstić information content (AvgIpc) is 2.72. The molecular formula is C21H16N4O5. The number of ether oxygens (including phenoxy) is 1. The summed E-state index contributed by atoms with van der Waals surface area (Å²) in [4.78, 5) is 39.3. The van der Waals surface area contributed by atoms with Crippen molar-refractivity contribution < 1.29 is 19.2 Å². The van der Waals surface area contributed by atoms with Crippen LogP contribution in [0.3, 0.4) is 0 Å². The van der Waals surface area contributed by atoms with Crippen molar-refractivity contribution in [1.82, 2.24) is 4.98 Å². The topological polar surface area (TPSA) is 135 Å². The molecule has 0 spiro atoms. The molecule has 9 nitrogen and oxygen atoms in total. The zero-order valence-corrected chi connectivity index (χ0v) is 16.1. The number of pyridine rings is 1. The van der Waals surface area contributed by atoms with Crippen molar-refractivity contribution in [3.8, 4) is 6.07 Å². The van der Waals surface area contributed by atoms with E-state index in [2.05, 4.69) is 10.3 Å². The van der Waals surface area contributed by atoms with Crippen LogP contribution < -0.4 is 5.32 Å². The van der Waals surface area contributed by atoms with Crippen LogP contribution in [-0.4, -0.2) is 28.4 Å². The van der Waals surface area contributed by atoms with Crippen LogP contribution in [0.25, 0.3) is 10.9 Å². The number of hydrogen-bond donors (Lipinski definition) is 1. The van der Waals surface area contributed by atoms with E-state index in [1.165, 1.54) is 6.07 Å². The molecule has 3 aromatic rings. The molecule has 0 aliphatic heterocycles. The maximum atomic E-state index is 12.6. The summed E-state index contributed by atoms with van der Waals surface area (Å²) in [6, 6.07) is 12.6. The number of nitrogens with zero attached hydrogens (tertiary/aromatic N) is 3. The first kappa shape index (κ1) is 20.4. The van der Waals surface area contributed by atoms with E-state index in [9.17, 15) is 19.7 Å². The lowest BCUT2D eigenvalue weighted by Gasteiger charge is -2.12. The quantitative estimate of drug-likeness (QED) is 0.391. The third-order valence-electron chi connectivity index (χ3n) is 4.48. The van der Waals surface area contributed by atoms with Crippen molar-refractivity contribution in [2.45, 2.75) is 13.8 Å². The number of nitriles is 1. The van der Waals surface area contributed by atoms with Crippen LogP contribution in [0.4, 0.5) is 11.4 Å². The first-order chi connectivity index (χ1) is 14.3. The van der Waals surface area contributed by atoms with Gasteiger partial charge >= 0.3 is 5.97 Å². The maximum absolute atomic E-state index is 12.6. The lowest BCUT2D eigenvalue weighted by Crippen LogP contribution is -2.22. The van der Waals surface area contributed by atoms with E-state index in [1.807, 2.05) is 24.3 Å². The molecule has 1 heterocycles. The molecule has 0 aliphatic rings. The number of carbonyl (C=O) groups excluding carboxylic acids is 2. The van der Waals surface area contributed by atoms with Crippen LogP contribution in [0.5, 0.6) is 0 Å². The fourth-order valence-electron chi connectivity index (χ4n) is 3.07. The van der Waals surface area contributed by atoms with Crippen molar-refractivity contribution in [3.63, 3.8) is 0 Å². The van der Waals surface area contributed by atoms with Crippen molar-refractivity contribution in [1.29, 1.82) is 5.26 Å². The predicted octanol–water partition coefficient (Wildman–Crippen LogP) is 3.43. The van der Waals surface area contributed by atoms with Gasteiger partial charge < -0.3 is 10.1 Å². The summed E-state index contributed by atoms with van der Waals surface area (Å²) in [6.07, 6.45) is 0. The molecule has 0 aliphatic carbocycles. The van der Waals surface area contributed by atoms with Crippen molar-refractivity contribution >= 4 is 34.2 Å². The Morgan fingerprint density at radius 3 is 2.67 bits per heavy atom. The summed E-state index contributed by atoms with van der Waals surface area (Å²) in [6.45, 7) is 2.88. The highest BCUT2D eigenvalue weighted by Crippen LogP contribution is 2.24. The van der Waals surface area contributed by atoms with Crippen LogP contribution in [0.2, 0.25) is 0 Å². The van der Waals surface area contributed by atoms with Crippen LogP contribution in [0.15, 0.2) is 42.5 Å². The van der Waals surface area contributed by atoms with Gasteiger partial charge in [0.15, 0.2) is 6.61 Å². The summed E-state index contributed by atoms with van der Waals surface area (Å²) in [5.41, 5.74) is 1.96. The second-order valence-electron chi connectivity index (χ2n) is 6.44. The van der Waals surface area contributed by atoms with Gasteiger partial charge in [0.05, 0.1) is 32.9 Å². The zero-order chi connectivity index (χ0) is 21.8. The monoisotopic (exact) mass is 404 g/mol. The fourth-order valence-corrected chi connectivity index (χ4v) is 3.07. The Kier molecular flexibility index (Phi) is 5.69. The number of anilines is 1. The number of nitrogens with one attached hydrogen (secondary N) is 1. The largest absolute Gasteiger partial charge is 0.452 e. The Balaban J connectivity index is 1.73. The number of benzene rings is 2. The number of hydrogen-bond acceptors (Lipinski definition) is 7. The highest BCUT2D eigenvalue weighted by Gasteiger charge is 2.19. The van der Waals surface area contributed by atoms with E-state index in [-0.39, 0.29) is 22.5 Å². The summed E-state index contributed by atoms with van der Waals surface area (Å²) in [5.74, 6) is -1.37. The van der Waals surface area contributed by atoms with Gasteiger partial charge in [-0.25, -0.2) is 4.79 Å². The van der Waals surface area contributed by atoms with Crippen molar-refractivity contribution in [2.75, 3.05) is 11.9 Å². The molecule has 2 aromatic carbocycles. The number of amides is 1. The van der Waals surface area contributed by atoms with Gasteiger partial charge in [0.2, 0.25) is 0 Å². The minimum Gasteiger partial charge on any atom is -0.452 e. The molecule has 30 heavy (non-hydrogen) atoms. The molecule has 9 heteroatoms. The number of nitro benzene ring substituents is 1. The minimum absolute atomic E-state index is 0.0747. The van der Waals surface area contributed by atoms with Crippen LogP contribution in [0.1, 0.15) is 27.2 Å². The molecule has 0 bridgehead atoms. The van der Waals surface area contributed by atoms with Crippen LogP contribution >= 0.6 is 0 Å². The minimum atomic E-state index is -0.692. The molecule has 0 atom stereocenters. The van der Waals surface area contributed by atoms with E-state index in [1.54, 1.807) is 19.9 Å². The molecule has 0 unspecified atom stereocenters. The number of non-ortho nitro benzene ring substituents is 1. The number of esters is 1. The van der Waals surface area contributed by atoms with Gasteiger partial charge in [-0.05, 0) is 31.5 Å². The molecule has 0 saturated heterocycles. The fraction of sp³-hybridized carbons (Fsp3) is 0.143. The predicted molar refractivity (Wildman–Crippen MR) is 108 cm³/mol. The zero-order valence-electron chi connectivity index (χ0n) is 16.1. The first-order valence-corrected chi connectivity index (χ1v) is 8.83. The molecule has 150 valence electrons. The van der Waals surface area contributed by atoms with Gasteiger partial charge in [-0.3, -0.25) is 19.9 Å². The second-order valence-corrected chi connectivity index (χ2v) is 6.44. The van der Waals surface area contributed by atoms with Gasteiger partial charge in [-0.15, -0.1) is 0 Å². The van der Waals surface area contributed by atoms with E-state index in [0.717, 1.165) is 23.0 Å². The number of aromatic nitrogens is 1. The SMILES string of the molecule is Cc1nc2ccccc2c(C)c1C(=O)OCC(=O)Nc1ccc([N+](=O)[O-])cc1C#N. The van der Waals surface area contributed by atoms with Gasteiger partial charge in [0.25, 0.3) is 11.6 Å². The molecular weight excluding hydrogens is 388 g/mol. The van der Waals surface area contributed by atoms with Crippen LogP contribution in [0, 0.1) is 35.3 Å². The number of aryl methyl sites for hydroxylation is 2. The Hall–Kier alpha value is -4.32. The third kappa shape index (κ3) is 4.07. The lowest BCUT2D eigenvalue weighted by molar-refractivity contribution is -0.384. The number of fused-ring (bicyclic) bond motifs is 1. The Morgan fingerprint density at radius 1 is 1.23 bits per heavy atom. The molecule has 1 N–H and O–H groups in total. The van der Waals surface area contributed by atoms with Crippen molar-refractivity contribution in [3.05, 3.63) is 75.0 Å². The second kappa shape index (κ2) is 8.36. The van der Waals surface area contributed by atoms with Gasteiger partial charge in [0.1, 0.15) is 6.07 Å². The first-order valence-electron chi connectivity index (χ1n) is 8.83. The van der Waals surface area contributed by atoms with Gasteiger partial charge in [-0.1, -0.05) is 18.2 Å². The summed E-state index contributed by atoms with van der Waals surface area (Å²) in [5, 5.41) is 23.2. The Bertz CT molecular complexity index is 1230. The third-order valence-corrected chi connectivity index (χ3v) is 4.48. The lowest BCUT2D eigenvalue weighted by atomic mass is 10.0. The normalized spacial score (nSPS) is 10.3. The number of para-hydroxylation sites is 1. The van der Waals surface area contributed by atoms with E-state index < -0.39 is 23.4 Å². The smallest absolute Gasteiger partial charge is 0.340 e. The summed E-state index contributed by atoms with van der Waals surface area (Å²) >= 11 is 0. The summed E-state index contributed by atoms with van der Waals surface area (Å²) < 4.78 is 5.13. The molecule has 0 fully saturated rings. The van der Waals surface area contributed by atoms with Gasteiger partial charge in [0, 0.05) is 17.5 Å². The molecule has 3 rings (SSSR count). The van der Waals surface area contributed by atoms with E-state index >= 15 is 0 Å².